The molecule has 0 aliphatic carbocycles. The maximum absolute atomic E-state index is 11.6. The molecule has 0 aliphatic rings. The maximum atomic E-state index is 11.6. The summed E-state index contributed by atoms with van der Waals surface area (Å²) in [5.74, 6) is 0.811. The van der Waals surface area contributed by atoms with Crippen LogP contribution in [0.1, 0.15) is 31.9 Å². The van der Waals surface area contributed by atoms with Gasteiger partial charge in [-0.15, -0.1) is 0 Å². The van der Waals surface area contributed by atoms with Crippen molar-refractivity contribution in [2.24, 2.45) is 0 Å². The summed E-state index contributed by atoms with van der Waals surface area (Å²) in [5, 5.41) is 2.69. The summed E-state index contributed by atoms with van der Waals surface area (Å²) >= 11 is 0. The zero-order valence-corrected chi connectivity index (χ0v) is 15.0. The number of hydrogen-bond acceptors (Lipinski definition) is 3. The Morgan fingerprint density at radius 1 is 1.08 bits per heavy atom. The van der Waals surface area contributed by atoms with Gasteiger partial charge in [0.1, 0.15) is 18.0 Å². The lowest BCUT2D eigenvalue weighted by Gasteiger charge is -2.19. The Morgan fingerprint density at radius 3 is 2.56 bits per heavy atom. The van der Waals surface area contributed by atoms with Crippen LogP contribution in [0.3, 0.4) is 0 Å². The number of benzene rings is 2. The molecule has 25 heavy (non-hydrogen) atoms. The van der Waals surface area contributed by atoms with Crippen LogP contribution >= 0.6 is 0 Å². The molecule has 0 radical (unpaired) electrons. The summed E-state index contributed by atoms with van der Waals surface area (Å²) in [6, 6.07) is 17.9. The van der Waals surface area contributed by atoms with Gasteiger partial charge in [-0.1, -0.05) is 54.6 Å². The summed E-state index contributed by atoms with van der Waals surface area (Å²) in [4.78, 5) is 11.6. The minimum Gasteiger partial charge on any atom is -0.489 e. The van der Waals surface area contributed by atoms with Gasteiger partial charge in [-0.3, -0.25) is 0 Å². The minimum absolute atomic E-state index is 0.407. The normalized spacial score (nSPS) is 11.3. The Hall–Kier alpha value is -2.75. The molecule has 0 unspecified atom stereocenters. The largest absolute Gasteiger partial charge is 0.489 e. The number of rotatable bonds is 6. The molecule has 0 aliphatic heterocycles. The topological polar surface area (TPSA) is 47.6 Å². The van der Waals surface area contributed by atoms with Gasteiger partial charge in [-0.2, -0.15) is 0 Å². The molecule has 4 heteroatoms. The van der Waals surface area contributed by atoms with E-state index >= 15 is 0 Å². The van der Waals surface area contributed by atoms with Gasteiger partial charge in [0.2, 0.25) is 0 Å². The first-order valence-electron chi connectivity index (χ1n) is 8.32. The van der Waals surface area contributed by atoms with Crippen LogP contribution in [0, 0.1) is 0 Å². The Balaban J connectivity index is 1.81. The molecule has 2 rings (SSSR count). The fourth-order valence-electron chi connectivity index (χ4n) is 2.10. The third-order valence-electron chi connectivity index (χ3n) is 3.18. The Kier molecular flexibility index (Phi) is 6.63. The molecule has 1 amide bonds. The molecule has 0 heterocycles. The molecule has 132 valence electrons. The lowest BCUT2D eigenvalue weighted by Crippen LogP contribution is -2.32. The fraction of sp³-hybridized carbons (Fsp3) is 0.286. The molecule has 0 saturated carbocycles. The van der Waals surface area contributed by atoms with Crippen LogP contribution in [-0.4, -0.2) is 18.2 Å². The van der Waals surface area contributed by atoms with E-state index in [1.807, 2.05) is 87.5 Å². The Labute approximate surface area is 149 Å². The summed E-state index contributed by atoms with van der Waals surface area (Å²) in [5.41, 5.74) is 1.65. The SMILES string of the molecule is CC(C)(C)OC(=O)NCC=Cc1cccc(OCc2ccccc2)c1. The van der Waals surface area contributed by atoms with E-state index in [0.29, 0.717) is 13.2 Å². The zero-order valence-electron chi connectivity index (χ0n) is 15.0. The van der Waals surface area contributed by atoms with Crippen molar-refractivity contribution >= 4 is 12.2 Å². The van der Waals surface area contributed by atoms with Crippen LogP contribution in [-0.2, 0) is 11.3 Å². The summed E-state index contributed by atoms with van der Waals surface area (Å²) in [7, 11) is 0. The average molecular weight is 339 g/mol. The van der Waals surface area contributed by atoms with Gasteiger partial charge in [0.25, 0.3) is 0 Å². The molecule has 0 bridgehead atoms. The van der Waals surface area contributed by atoms with E-state index in [0.717, 1.165) is 16.9 Å². The van der Waals surface area contributed by atoms with Crippen molar-refractivity contribution in [3.63, 3.8) is 0 Å². The first-order chi connectivity index (χ1) is 11.9. The summed E-state index contributed by atoms with van der Waals surface area (Å²) < 4.78 is 11.0. The van der Waals surface area contributed by atoms with Gasteiger partial charge in [0, 0.05) is 6.54 Å². The third kappa shape index (κ3) is 7.57. The predicted octanol–water partition coefficient (Wildman–Crippen LogP) is 4.80. The molecule has 1 N–H and O–H groups in total. The summed E-state index contributed by atoms with van der Waals surface area (Å²) in [6.45, 7) is 6.45. The lowest BCUT2D eigenvalue weighted by atomic mass is 10.2. The second kappa shape index (κ2) is 8.92. The number of alkyl carbamates (subject to hydrolysis) is 1. The van der Waals surface area contributed by atoms with Crippen molar-refractivity contribution in [2.75, 3.05) is 6.54 Å². The van der Waals surface area contributed by atoms with Crippen LogP contribution in [0.5, 0.6) is 5.75 Å². The molecule has 0 saturated heterocycles. The lowest BCUT2D eigenvalue weighted by molar-refractivity contribution is 0.0534. The Morgan fingerprint density at radius 2 is 1.84 bits per heavy atom. The van der Waals surface area contributed by atoms with Crippen LogP contribution in [0.2, 0.25) is 0 Å². The number of amides is 1. The highest BCUT2D eigenvalue weighted by Crippen LogP contribution is 2.16. The van der Waals surface area contributed by atoms with E-state index < -0.39 is 11.7 Å². The average Bonchev–Trinajstić information content (AvgIpc) is 2.57. The van der Waals surface area contributed by atoms with E-state index in [1.165, 1.54) is 0 Å². The zero-order chi connectivity index (χ0) is 18.1. The number of carbonyl (C=O) groups is 1. The van der Waals surface area contributed by atoms with E-state index in [-0.39, 0.29) is 0 Å². The standard InChI is InChI=1S/C21H25NO3/c1-21(2,3)25-20(23)22-14-8-12-17-11-7-13-19(15-17)24-16-18-9-5-4-6-10-18/h4-13,15H,14,16H2,1-3H3,(H,22,23). The molecular formula is C21H25NO3. The van der Waals surface area contributed by atoms with Gasteiger partial charge in [-0.05, 0) is 44.0 Å². The van der Waals surface area contributed by atoms with Gasteiger partial charge in [0.15, 0.2) is 0 Å². The van der Waals surface area contributed by atoms with Crippen molar-refractivity contribution in [1.29, 1.82) is 0 Å². The van der Waals surface area contributed by atoms with Crippen LogP contribution in [0.25, 0.3) is 6.08 Å². The van der Waals surface area contributed by atoms with E-state index in [2.05, 4.69) is 5.32 Å². The highest BCUT2D eigenvalue weighted by atomic mass is 16.6. The van der Waals surface area contributed by atoms with Crippen molar-refractivity contribution in [1.82, 2.24) is 5.32 Å². The molecule has 2 aromatic carbocycles. The van der Waals surface area contributed by atoms with Crippen LogP contribution in [0.15, 0.2) is 60.7 Å². The van der Waals surface area contributed by atoms with Crippen molar-refractivity contribution in [3.8, 4) is 5.75 Å². The van der Waals surface area contributed by atoms with Crippen LogP contribution in [0.4, 0.5) is 4.79 Å². The first kappa shape index (κ1) is 18.6. The molecule has 0 fully saturated rings. The second-order valence-electron chi connectivity index (χ2n) is 6.63. The fourth-order valence-corrected chi connectivity index (χ4v) is 2.10. The molecule has 2 aromatic rings. The molecule has 0 spiro atoms. The number of hydrogen-bond donors (Lipinski definition) is 1. The van der Waals surface area contributed by atoms with Gasteiger partial charge >= 0.3 is 6.09 Å². The van der Waals surface area contributed by atoms with Gasteiger partial charge in [-0.25, -0.2) is 4.79 Å². The van der Waals surface area contributed by atoms with Gasteiger partial charge in [0.05, 0.1) is 0 Å². The maximum Gasteiger partial charge on any atom is 0.407 e. The highest BCUT2D eigenvalue weighted by molar-refractivity contribution is 5.68. The van der Waals surface area contributed by atoms with Crippen molar-refractivity contribution in [2.45, 2.75) is 33.0 Å². The number of carbonyl (C=O) groups excluding carboxylic acids is 1. The quantitative estimate of drug-likeness (QED) is 0.822. The van der Waals surface area contributed by atoms with Crippen molar-refractivity contribution in [3.05, 3.63) is 71.8 Å². The molecule has 0 aromatic heterocycles. The van der Waals surface area contributed by atoms with E-state index in [1.54, 1.807) is 0 Å². The first-order valence-corrected chi connectivity index (χ1v) is 8.32. The summed E-state index contributed by atoms with van der Waals surface area (Å²) in [6.07, 6.45) is 3.39. The molecular weight excluding hydrogens is 314 g/mol. The predicted molar refractivity (Wildman–Crippen MR) is 100 cm³/mol. The van der Waals surface area contributed by atoms with Crippen molar-refractivity contribution < 1.29 is 14.3 Å². The van der Waals surface area contributed by atoms with E-state index in [4.69, 9.17) is 9.47 Å². The second-order valence-corrected chi connectivity index (χ2v) is 6.63. The minimum atomic E-state index is -0.488. The smallest absolute Gasteiger partial charge is 0.407 e. The Bertz CT molecular complexity index is 703. The highest BCUT2D eigenvalue weighted by Gasteiger charge is 2.14. The monoisotopic (exact) mass is 339 g/mol. The molecule has 0 atom stereocenters. The van der Waals surface area contributed by atoms with Gasteiger partial charge < -0.3 is 14.8 Å². The molecule has 4 nitrogen and oxygen atoms in total. The third-order valence-corrected chi connectivity index (χ3v) is 3.18. The van der Waals surface area contributed by atoms with Crippen LogP contribution < -0.4 is 10.1 Å². The van der Waals surface area contributed by atoms with E-state index in [9.17, 15) is 4.79 Å². The number of ether oxygens (including phenoxy) is 2. The number of nitrogens with one attached hydrogen (secondary N) is 1.